The van der Waals surface area contributed by atoms with Crippen molar-refractivity contribution in [3.63, 3.8) is 0 Å². The summed E-state index contributed by atoms with van der Waals surface area (Å²) in [6.07, 6.45) is 0. The molecule has 0 heterocycles. The van der Waals surface area contributed by atoms with Crippen LogP contribution in [0.15, 0.2) is 0 Å². The first-order chi connectivity index (χ1) is 6.69. The molecule has 2 amide bonds. The molecule has 9 heteroatoms. The molecule has 15 heavy (non-hydrogen) atoms. The van der Waals surface area contributed by atoms with Crippen LogP contribution < -0.4 is 16.8 Å². The van der Waals surface area contributed by atoms with E-state index in [1.54, 1.807) is 0 Å². The molecule has 0 aromatic rings. The number of alkyl halides is 2. The van der Waals surface area contributed by atoms with Gasteiger partial charge in [-0.15, -0.1) is 0 Å². The van der Waals surface area contributed by atoms with E-state index in [1.807, 2.05) is 0 Å². The van der Waals surface area contributed by atoms with E-state index in [0.717, 1.165) is 0 Å². The molecule has 0 aliphatic carbocycles. The summed E-state index contributed by atoms with van der Waals surface area (Å²) in [5.74, 6) is -10.2. The second-order valence-electron chi connectivity index (χ2n) is 2.80. The Hall–Kier alpha value is -0.540. The average molecular weight is 259 g/mol. The van der Waals surface area contributed by atoms with E-state index < -0.39 is 34.9 Å². The minimum absolute atomic E-state index is 0.666. The highest BCUT2D eigenvalue weighted by Crippen LogP contribution is 2.12. The van der Waals surface area contributed by atoms with Gasteiger partial charge in [-0.05, 0) is 0 Å². The fourth-order valence-corrected chi connectivity index (χ4v) is 0.913. The van der Waals surface area contributed by atoms with Crippen molar-refractivity contribution in [1.82, 2.24) is 5.32 Å². The van der Waals surface area contributed by atoms with Crippen LogP contribution in [0.3, 0.4) is 0 Å². The van der Waals surface area contributed by atoms with Gasteiger partial charge >= 0.3 is 0 Å². The molecule has 0 fully saturated rings. The Bertz CT molecular complexity index is 277. The third kappa shape index (κ3) is 3.50. The first kappa shape index (κ1) is 14.5. The van der Waals surface area contributed by atoms with Gasteiger partial charge in [0.15, 0.2) is 0 Å². The highest BCUT2D eigenvalue weighted by molar-refractivity contribution is 7.80. The Morgan fingerprint density at radius 2 is 1.73 bits per heavy atom. The molecule has 0 bridgehead atoms. The Kier molecular flexibility index (Phi) is 4.81. The van der Waals surface area contributed by atoms with Crippen LogP contribution in [-0.2, 0) is 9.59 Å². The van der Waals surface area contributed by atoms with Crippen LogP contribution in [0.2, 0.25) is 0 Å². The van der Waals surface area contributed by atoms with Crippen molar-refractivity contribution in [3.8, 4) is 0 Å². The molecule has 0 spiro atoms. The number of hydrogen-bond donors (Lipinski definition) is 5. The van der Waals surface area contributed by atoms with E-state index in [4.69, 9.17) is 5.73 Å². The van der Waals surface area contributed by atoms with Crippen molar-refractivity contribution in [1.29, 1.82) is 0 Å². The van der Waals surface area contributed by atoms with Gasteiger partial charge in [0.25, 0.3) is 17.6 Å². The van der Waals surface area contributed by atoms with Gasteiger partial charge in [0.2, 0.25) is 5.79 Å². The first-order valence-corrected chi connectivity index (χ1v) is 4.97. The standard InChI is InChI=1S/C6H11F2N3O2S2/c7-5(10,1-14)4(13)11-6(8,2-15)3(9)12/h14-15H,1-2,10H2,(H2,9,12)(H,11,13)/t5-,6-/m0/s1. The predicted molar refractivity (Wildman–Crippen MR) is 56.9 cm³/mol. The summed E-state index contributed by atoms with van der Waals surface area (Å²) in [5.41, 5.74) is 9.48. The van der Waals surface area contributed by atoms with Crippen molar-refractivity contribution < 1.29 is 18.4 Å². The Labute approximate surface area is 95.8 Å². The Morgan fingerprint density at radius 1 is 1.27 bits per heavy atom. The number of halogens is 2. The summed E-state index contributed by atoms with van der Waals surface area (Å²) < 4.78 is 26.5. The van der Waals surface area contributed by atoms with Gasteiger partial charge in [0.05, 0.1) is 5.75 Å². The van der Waals surface area contributed by atoms with Gasteiger partial charge in [0, 0.05) is 5.75 Å². The Morgan fingerprint density at radius 3 is 2.00 bits per heavy atom. The molecule has 5 nitrogen and oxygen atoms in total. The van der Waals surface area contributed by atoms with Crippen LogP contribution in [0.25, 0.3) is 0 Å². The quantitative estimate of drug-likeness (QED) is 0.315. The summed E-state index contributed by atoms with van der Waals surface area (Å²) in [6.45, 7) is 0. The molecule has 88 valence electrons. The summed E-state index contributed by atoms with van der Waals surface area (Å²) in [5, 5.41) is 1.43. The fraction of sp³-hybridized carbons (Fsp3) is 0.667. The molecule has 0 radical (unpaired) electrons. The van der Waals surface area contributed by atoms with Crippen LogP contribution in [0.4, 0.5) is 8.78 Å². The molecule has 0 aliphatic rings. The van der Waals surface area contributed by atoms with Gasteiger partial charge < -0.3 is 11.1 Å². The smallest absolute Gasteiger partial charge is 0.276 e. The zero-order valence-corrected chi connectivity index (χ0v) is 9.32. The second-order valence-corrected chi connectivity index (χ2v) is 3.43. The topological polar surface area (TPSA) is 98.2 Å². The SMILES string of the molecule is NC(=O)[C@](F)(CS)NC(=O)[C@](N)(F)CS. The van der Waals surface area contributed by atoms with Gasteiger partial charge in [-0.3, -0.25) is 15.3 Å². The van der Waals surface area contributed by atoms with Gasteiger partial charge in [-0.1, -0.05) is 0 Å². The first-order valence-electron chi connectivity index (χ1n) is 3.70. The van der Waals surface area contributed by atoms with E-state index in [0.29, 0.717) is 0 Å². The van der Waals surface area contributed by atoms with Crippen molar-refractivity contribution >= 4 is 37.1 Å². The normalized spacial score (nSPS) is 18.7. The molecule has 2 atom stereocenters. The fourth-order valence-electron chi connectivity index (χ4n) is 0.535. The largest absolute Gasteiger partial charge is 0.365 e. The summed E-state index contributed by atoms with van der Waals surface area (Å²) in [4.78, 5) is 21.6. The van der Waals surface area contributed by atoms with Crippen LogP contribution in [0.1, 0.15) is 0 Å². The maximum atomic E-state index is 13.4. The van der Waals surface area contributed by atoms with E-state index in [-0.39, 0.29) is 0 Å². The number of primary amides is 1. The molecule has 0 aromatic heterocycles. The van der Waals surface area contributed by atoms with Gasteiger partial charge in [-0.2, -0.15) is 25.3 Å². The maximum Gasteiger partial charge on any atom is 0.276 e. The number of carbonyl (C=O) groups excluding carboxylic acids is 2. The van der Waals surface area contributed by atoms with Crippen LogP contribution in [0.5, 0.6) is 0 Å². The summed E-state index contributed by atoms with van der Waals surface area (Å²) in [6, 6.07) is 0. The zero-order chi connectivity index (χ0) is 12.3. The van der Waals surface area contributed by atoms with Crippen LogP contribution >= 0.6 is 25.3 Å². The molecule has 0 aliphatic heterocycles. The number of amides is 2. The lowest BCUT2D eigenvalue weighted by Crippen LogP contribution is -2.62. The van der Waals surface area contributed by atoms with Gasteiger partial charge in [0.1, 0.15) is 0 Å². The van der Waals surface area contributed by atoms with Gasteiger partial charge in [-0.25, -0.2) is 8.78 Å². The third-order valence-electron chi connectivity index (χ3n) is 1.53. The lowest BCUT2D eigenvalue weighted by Gasteiger charge is -2.25. The highest BCUT2D eigenvalue weighted by Gasteiger charge is 2.43. The number of nitrogens with one attached hydrogen (secondary N) is 1. The number of hydrogen-bond acceptors (Lipinski definition) is 5. The number of thiol groups is 2. The van der Waals surface area contributed by atoms with Crippen molar-refractivity contribution in [2.24, 2.45) is 11.5 Å². The monoisotopic (exact) mass is 259 g/mol. The predicted octanol–water partition coefficient (Wildman–Crippen LogP) is -1.26. The summed E-state index contributed by atoms with van der Waals surface area (Å²) >= 11 is 6.92. The van der Waals surface area contributed by atoms with Crippen LogP contribution in [-0.4, -0.2) is 34.9 Å². The molecule has 0 rings (SSSR count). The van der Waals surface area contributed by atoms with Crippen molar-refractivity contribution in [2.75, 3.05) is 11.5 Å². The van der Waals surface area contributed by atoms with Crippen LogP contribution in [0, 0.1) is 0 Å². The van der Waals surface area contributed by atoms with Crippen molar-refractivity contribution in [2.45, 2.75) is 11.6 Å². The lowest BCUT2D eigenvalue weighted by molar-refractivity contribution is -0.142. The molecule has 0 saturated heterocycles. The maximum absolute atomic E-state index is 13.4. The van der Waals surface area contributed by atoms with E-state index in [9.17, 15) is 18.4 Å². The lowest BCUT2D eigenvalue weighted by atomic mass is 10.2. The minimum Gasteiger partial charge on any atom is -0.365 e. The molecular formula is C6H11F2N3O2S2. The minimum atomic E-state index is -2.93. The van der Waals surface area contributed by atoms with Crippen molar-refractivity contribution in [3.05, 3.63) is 0 Å². The molecule has 5 N–H and O–H groups in total. The van der Waals surface area contributed by atoms with E-state index in [2.05, 4.69) is 31.0 Å². The molecule has 0 saturated carbocycles. The average Bonchev–Trinajstić information content (AvgIpc) is 2.17. The number of nitrogens with two attached hydrogens (primary N) is 2. The van der Waals surface area contributed by atoms with E-state index in [1.165, 1.54) is 5.32 Å². The van der Waals surface area contributed by atoms with E-state index >= 15 is 0 Å². The summed E-state index contributed by atoms with van der Waals surface area (Å²) in [7, 11) is 0. The zero-order valence-electron chi connectivity index (χ0n) is 7.54. The third-order valence-corrected chi connectivity index (χ3v) is 2.42. The highest BCUT2D eigenvalue weighted by atomic mass is 32.1. The molecule has 0 aromatic carbocycles. The number of rotatable bonds is 5. The number of carbonyl (C=O) groups is 2. The second kappa shape index (κ2) is 4.99. The molecule has 0 unspecified atom stereocenters. The Balaban J connectivity index is 4.72. The molecular weight excluding hydrogens is 248 g/mol.